The van der Waals surface area contributed by atoms with Crippen molar-refractivity contribution in [2.45, 2.75) is 38.6 Å². The molecular weight excluding hydrogens is 248 g/mol. The summed E-state index contributed by atoms with van der Waals surface area (Å²) in [5, 5.41) is 4.40. The highest BCUT2D eigenvalue weighted by Crippen LogP contribution is 2.26. The van der Waals surface area contributed by atoms with Gasteiger partial charge in [-0.05, 0) is 48.9 Å². The first kappa shape index (κ1) is 13.3. The Morgan fingerprint density at radius 3 is 2.80 bits per heavy atom. The maximum Gasteiger partial charge on any atom is 0.0596 e. The number of nitrogens with two attached hydrogens (primary N) is 1. The lowest BCUT2D eigenvalue weighted by molar-refractivity contribution is 0.529. The van der Waals surface area contributed by atoms with E-state index in [9.17, 15) is 0 Å². The average molecular weight is 270 g/mol. The Labute approximate surface area is 120 Å². The summed E-state index contributed by atoms with van der Waals surface area (Å²) >= 11 is 0. The van der Waals surface area contributed by atoms with Crippen LogP contribution in [0.5, 0.6) is 0 Å². The summed E-state index contributed by atoms with van der Waals surface area (Å²) in [6, 6.07) is 9.04. The van der Waals surface area contributed by atoms with Crippen LogP contribution in [0.1, 0.15) is 40.5 Å². The van der Waals surface area contributed by atoms with E-state index in [-0.39, 0.29) is 6.04 Å². The number of aryl methyl sites for hydroxylation is 4. The third-order valence-electron chi connectivity index (χ3n) is 4.24. The number of hydrogen-bond acceptors (Lipinski definition) is 3. The molecule has 20 heavy (non-hydrogen) atoms. The van der Waals surface area contributed by atoms with Crippen molar-refractivity contribution in [3.63, 3.8) is 0 Å². The van der Waals surface area contributed by atoms with Crippen molar-refractivity contribution in [2.24, 2.45) is 12.9 Å². The molecule has 1 atom stereocenters. The second kappa shape index (κ2) is 5.38. The molecule has 3 rings (SSSR count). The summed E-state index contributed by atoms with van der Waals surface area (Å²) in [6.45, 7) is 2.02. The Morgan fingerprint density at radius 1 is 1.30 bits per heavy atom. The van der Waals surface area contributed by atoms with E-state index in [2.05, 4.69) is 34.8 Å². The van der Waals surface area contributed by atoms with Crippen molar-refractivity contribution < 1.29 is 0 Å². The third kappa shape index (κ3) is 2.49. The van der Waals surface area contributed by atoms with Crippen LogP contribution in [-0.4, -0.2) is 9.78 Å². The van der Waals surface area contributed by atoms with Gasteiger partial charge in [-0.15, -0.1) is 0 Å². The quantitative estimate of drug-likeness (QED) is 0.659. The molecule has 0 saturated heterocycles. The van der Waals surface area contributed by atoms with Gasteiger partial charge in [-0.25, -0.2) is 0 Å². The lowest BCUT2D eigenvalue weighted by atomic mass is 9.98. The molecule has 1 aromatic heterocycles. The largest absolute Gasteiger partial charge is 0.272 e. The molecule has 0 spiro atoms. The molecular formula is C16H22N4. The molecule has 3 N–H and O–H groups in total. The van der Waals surface area contributed by atoms with E-state index in [1.165, 1.54) is 41.6 Å². The van der Waals surface area contributed by atoms with Gasteiger partial charge in [-0.1, -0.05) is 18.2 Å². The van der Waals surface area contributed by atoms with E-state index in [1.807, 2.05) is 18.7 Å². The summed E-state index contributed by atoms with van der Waals surface area (Å²) in [5.74, 6) is 5.78. The Balaban J connectivity index is 1.84. The van der Waals surface area contributed by atoms with E-state index in [1.54, 1.807) is 0 Å². The smallest absolute Gasteiger partial charge is 0.0596 e. The highest BCUT2D eigenvalue weighted by Gasteiger charge is 2.17. The lowest BCUT2D eigenvalue weighted by Gasteiger charge is -2.17. The Morgan fingerprint density at radius 2 is 2.10 bits per heavy atom. The minimum atomic E-state index is 0.135. The molecule has 1 aliphatic carbocycles. The maximum atomic E-state index is 5.78. The molecule has 4 nitrogen and oxygen atoms in total. The van der Waals surface area contributed by atoms with Crippen LogP contribution in [0.4, 0.5) is 0 Å². The minimum absolute atomic E-state index is 0.135. The molecule has 1 unspecified atom stereocenters. The molecule has 0 radical (unpaired) electrons. The van der Waals surface area contributed by atoms with Gasteiger partial charge < -0.3 is 0 Å². The summed E-state index contributed by atoms with van der Waals surface area (Å²) in [5.41, 5.74) is 9.46. The number of aromatic nitrogens is 2. The second-order valence-electron chi connectivity index (χ2n) is 5.71. The number of benzene rings is 1. The van der Waals surface area contributed by atoms with Gasteiger partial charge in [-0.3, -0.25) is 16.0 Å². The Hall–Kier alpha value is -1.65. The highest BCUT2D eigenvalue weighted by molar-refractivity contribution is 5.37. The predicted octanol–water partition coefficient (Wildman–Crippen LogP) is 1.96. The van der Waals surface area contributed by atoms with Crippen LogP contribution in [-0.2, 0) is 26.3 Å². The molecule has 1 heterocycles. The van der Waals surface area contributed by atoms with Crippen molar-refractivity contribution in [3.05, 3.63) is 52.3 Å². The van der Waals surface area contributed by atoms with E-state index in [0.29, 0.717) is 0 Å². The molecule has 0 bridgehead atoms. The van der Waals surface area contributed by atoms with Crippen LogP contribution in [0.3, 0.4) is 0 Å². The summed E-state index contributed by atoms with van der Waals surface area (Å²) < 4.78 is 1.94. The maximum absolute atomic E-state index is 5.78. The van der Waals surface area contributed by atoms with Gasteiger partial charge in [0.2, 0.25) is 0 Å². The zero-order chi connectivity index (χ0) is 14.1. The number of fused-ring (bicyclic) bond motifs is 1. The van der Waals surface area contributed by atoms with Crippen molar-refractivity contribution in [1.82, 2.24) is 15.2 Å². The van der Waals surface area contributed by atoms with Crippen molar-refractivity contribution in [2.75, 3.05) is 0 Å². The number of nitrogens with zero attached hydrogens (tertiary/aromatic N) is 2. The Bertz CT molecular complexity index is 615. The normalized spacial score (nSPS) is 15.3. The first-order valence-corrected chi connectivity index (χ1v) is 7.24. The van der Waals surface area contributed by atoms with Crippen LogP contribution >= 0.6 is 0 Å². The first-order chi connectivity index (χ1) is 9.67. The van der Waals surface area contributed by atoms with Gasteiger partial charge in [0, 0.05) is 19.2 Å². The topological polar surface area (TPSA) is 55.9 Å². The van der Waals surface area contributed by atoms with Crippen LogP contribution in [0.25, 0.3) is 0 Å². The number of hydrazine groups is 1. The number of hydrogen-bond donors (Lipinski definition) is 2. The van der Waals surface area contributed by atoms with E-state index >= 15 is 0 Å². The van der Waals surface area contributed by atoms with Gasteiger partial charge in [0.25, 0.3) is 0 Å². The molecule has 1 aliphatic rings. The van der Waals surface area contributed by atoms with Crippen molar-refractivity contribution in [3.8, 4) is 0 Å². The molecule has 106 valence electrons. The second-order valence-corrected chi connectivity index (χ2v) is 5.71. The highest BCUT2D eigenvalue weighted by atomic mass is 15.3. The fourth-order valence-corrected chi connectivity index (χ4v) is 3.15. The van der Waals surface area contributed by atoms with Crippen molar-refractivity contribution >= 4 is 0 Å². The Kier molecular flexibility index (Phi) is 3.59. The lowest BCUT2D eigenvalue weighted by Crippen LogP contribution is -2.30. The zero-order valence-electron chi connectivity index (χ0n) is 12.2. The monoisotopic (exact) mass is 270 g/mol. The van der Waals surface area contributed by atoms with Crippen molar-refractivity contribution in [1.29, 1.82) is 0 Å². The van der Waals surface area contributed by atoms with Gasteiger partial charge in [0.1, 0.15) is 0 Å². The van der Waals surface area contributed by atoms with Crippen LogP contribution in [0, 0.1) is 6.92 Å². The predicted molar refractivity (Wildman–Crippen MR) is 80.2 cm³/mol. The third-order valence-corrected chi connectivity index (χ3v) is 4.24. The molecule has 0 saturated carbocycles. The van der Waals surface area contributed by atoms with E-state index < -0.39 is 0 Å². The summed E-state index contributed by atoms with van der Waals surface area (Å²) in [7, 11) is 1.98. The molecule has 0 amide bonds. The van der Waals surface area contributed by atoms with E-state index in [0.717, 1.165) is 12.1 Å². The first-order valence-electron chi connectivity index (χ1n) is 7.24. The zero-order valence-corrected chi connectivity index (χ0v) is 12.2. The molecule has 0 fully saturated rings. The summed E-state index contributed by atoms with van der Waals surface area (Å²) in [4.78, 5) is 0. The van der Waals surface area contributed by atoms with E-state index in [4.69, 9.17) is 5.84 Å². The van der Waals surface area contributed by atoms with Crippen LogP contribution < -0.4 is 11.3 Å². The molecule has 0 aliphatic heterocycles. The fraction of sp³-hybridized carbons (Fsp3) is 0.438. The fourth-order valence-electron chi connectivity index (χ4n) is 3.15. The SMILES string of the molecule is Cc1cc(CC(NN)c2ccc3c(c2)CCC3)n(C)n1. The molecule has 1 aromatic carbocycles. The summed E-state index contributed by atoms with van der Waals surface area (Å²) in [6.07, 6.45) is 4.55. The van der Waals surface area contributed by atoms with Gasteiger partial charge in [0.05, 0.1) is 11.7 Å². The van der Waals surface area contributed by atoms with Gasteiger partial charge in [0.15, 0.2) is 0 Å². The number of rotatable bonds is 4. The number of nitrogens with one attached hydrogen (secondary N) is 1. The van der Waals surface area contributed by atoms with Gasteiger partial charge in [-0.2, -0.15) is 5.10 Å². The van der Waals surface area contributed by atoms with Crippen LogP contribution in [0.2, 0.25) is 0 Å². The average Bonchev–Trinajstić information content (AvgIpc) is 3.01. The molecule has 4 heteroatoms. The van der Waals surface area contributed by atoms with Gasteiger partial charge >= 0.3 is 0 Å². The standard InChI is InChI=1S/C16H22N4/c1-11-8-15(20(2)19-11)10-16(18-17)14-7-6-12-4-3-5-13(12)9-14/h6-9,16,18H,3-5,10,17H2,1-2H3. The minimum Gasteiger partial charge on any atom is -0.272 e. The molecule has 2 aromatic rings. The van der Waals surface area contributed by atoms with Crippen LogP contribution in [0.15, 0.2) is 24.3 Å².